The number of hydrogen-bond donors (Lipinski definition) is 3. The molecule has 4 atom stereocenters. The SMILES string of the molecule is COc1ccc(Cc2cc(C3OC(CO)C(F)(F)C(O)C3O)ccc2C(F)(F)F)nc1. The van der Waals surface area contributed by atoms with Gasteiger partial charge in [0.05, 0.1) is 25.5 Å². The Hall–Kier alpha value is -2.34. The third kappa shape index (κ3) is 4.64. The second kappa shape index (κ2) is 8.65. The molecule has 0 saturated carbocycles. The van der Waals surface area contributed by atoms with Gasteiger partial charge in [0.25, 0.3) is 0 Å². The number of pyridine rings is 1. The monoisotopic (exact) mass is 449 g/mol. The van der Waals surface area contributed by atoms with E-state index in [1.807, 2.05) is 0 Å². The van der Waals surface area contributed by atoms with Gasteiger partial charge in [0.15, 0.2) is 0 Å². The van der Waals surface area contributed by atoms with E-state index in [0.29, 0.717) is 5.75 Å². The molecule has 1 aromatic carbocycles. The van der Waals surface area contributed by atoms with Crippen molar-refractivity contribution in [3.8, 4) is 5.75 Å². The van der Waals surface area contributed by atoms with E-state index in [2.05, 4.69) is 4.98 Å². The van der Waals surface area contributed by atoms with Crippen LogP contribution in [0.2, 0.25) is 0 Å². The number of alkyl halides is 5. The number of benzene rings is 1. The molecule has 1 fully saturated rings. The number of aliphatic hydroxyl groups is 3. The van der Waals surface area contributed by atoms with Gasteiger partial charge in [-0.2, -0.15) is 13.2 Å². The highest BCUT2D eigenvalue weighted by atomic mass is 19.4. The molecule has 6 nitrogen and oxygen atoms in total. The van der Waals surface area contributed by atoms with Crippen molar-refractivity contribution in [2.24, 2.45) is 0 Å². The second-order valence-corrected chi connectivity index (χ2v) is 7.12. The molecule has 0 bridgehead atoms. The van der Waals surface area contributed by atoms with Crippen molar-refractivity contribution >= 4 is 0 Å². The number of methoxy groups -OCH3 is 1. The normalized spacial score (nSPS) is 26.0. The minimum atomic E-state index is -4.70. The van der Waals surface area contributed by atoms with Gasteiger partial charge in [-0.15, -0.1) is 0 Å². The van der Waals surface area contributed by atoms with Gasteiger partial charge < -0.3 is 24.8 Å². The van der Waals surface area contributed by atoms with Gasteiger partial charge in [-0.25, -0.2) is 8.78 Å². The Kier molecular flexibility index (Phi) is 6.51. The van der Waals surface area contributed by atoms with E-state index in [1.165, 1.54) is 25.4 Å². The van der Waals surface area contributed by atoms with Crippen LogP contribution in [0.3, 0.4) is 0 Å². The molecule has 1 aliphatic heterocycles. The number of aromatic nitrogens is 1. The summed E-state index contributed by atoms with van der Waals surface area (Å²) in [5.74, 6) is -3.52. The summed E-state index contributed by atoms with van der Waals surface area (Å²) in [5, 5.41) is 29.1. The van der Waals surface area contributed by atoms with Crippen LogP contribution in [0.25, 0.3) is 0 Å². The summed E-state index contributed by atoms with van der Waals surface area (Å²) in [5.41, 5.74) is -0.972. The Morgan fingerprint density at radius 3 is 2.42 bits per heavy atom. The lowest BCUT2D eigenvalue weighted by atomic mass is 9.88. The molecule has 31 heavy (non-hydrogen) atoms. The maximum Gasteiger partial charge on any atom is 0.416 e. The zero-order valence-corrected chi connectivity index (χ0v) is 16.2. The van der Waals surface area contributed by atoms with Gasteiger partial charge in [0.2, 0.25) is 0 Å². The van der Waals surface area contributed by atoms with Crippen LogP contribution in [-0.2, 0) is 17.3 Å². The van der Waals surface area contributed by atoms with Crippen LogP contribution < -0.4 is 4.74 Å². The first-order chi connectivity index (χ1) is 14.5. The van der Waals surface area contributed by atoms with Crippen LogP contribution in [0.4, 0.5) is 22.0 Å². The zero-order chi connectivity index (χ0) is 23.0. The van der Waals surface area contributed by atoms with Gasteiger partial charge in [0.1, 0.15) is 30.2 Å². The topological polar surface area (TPSA) is 92.0 Å². The molecule has 1 aromatic heterocycles. The van der Waals surface area contributed by atoms with E-state index < -0.39 is 48.7 Å². The summed E-state index contributed by atoms with van der Waals surface area (Å²) in [4.78, 5) is 4.04. The van der Waals surface area contributed by atoms with Crippen LogP contribution in [0.1, 0.15) is 28.5 Å². The molecule has 2 aromatic rings. The molecule has 11 heteroatoms. The van der Waals surface area contributed by atoms with E-state index >= 15 is 0 Å². The maximum absolute atomic E-state index is 14.0. The highest BCUT2D eigenvalue weighted by Crippen LogP contribution is 2.42. The van der Waals surface area contributed by atoms with Crippen LogP contribution in [-0.4, -0.2) is 58.3 Å². The Morgan fingerprint density at radius 2 is 1.87 bits per heavy atom. The van der Waals surface area contributed by atoms with Crippen molar-refractivity contribution in [3.63, 3.8) is 0 Å². The fraction of sp³-hybridized carbons (Fsp3) is 0.450. The number of nitrogens with zero attached hydrogens (tertiary/aromatic N) is 1. The average Bonchev–Trinajstić information content (AvgIpc) is 2.72. The minimum Gasteiger partial charge on any atom is -0.495 e. The fourth-order valence-corrected chi connectivity index (χ4v) is 3.42. The third-order valence-corrected chi connectivity index (χ3v) is 5.10. The lowest BCUT2D eigenvalue weighted by Crippen LogP contribution is -2.59. The smallest absolute Gasteiger partial charge is 0.416 e. The quantitative estimate of drug-likeness (QED) is 0.608. The molecule has 1 aliphatic rings. The number of rotatable bonds is 5. The molecule has 0 aliphatic carbocycles. The number of hydrogen-bond acceptors (Lipinski definition) is 6. The Balaban J connectivity index is 1.99. The molecule has 0 spiro atoms. The largest absolute Gasteiger partial charge is 0.495 e. The Morgan fingerprint density at radius 1 is 1.16 bits per heavy atom. The molecule has 170 valence electrons. The van der Waals surface area contributed by atoms with Gasteiger partial charge in [-0.3, -0.25) is 4.98 Å². The van der Waals surface area contributed by atoms with Gasteiger partial charge in [-0.05, 0) is 29.3 Å². The van der Waals surface area contributed by atoms with Crippen molar-refractivity contribution in [2.45, 2.75) is 42.9 Å². The molecule has 4 unspecified atom stereocenters. The summed E-state index contributed by atoms with van der Waals surface area (Å²) in [6.45, 7) is -1.16. The molecule has 2 heterocycles. The summed E-state index contributed by atoms with van der Waals surface area (Å²) in [7, 11) is 1.41. The van der Waals surface area contributed by atoms with Crippen LogP contribution in [0, 0.1) is 0 Å². The standard InChI is InChI=1S/C20H20F5NO5/c1-30-13-4-3-12(26-8-13)7-11-6-10(2-5-14(11)20(23,24)25)17-16(28)18(29)19(21,22)15(9-27)31-17/h2-6,8,15-18,27-29H,7,9H2,1H3. The Labute approximate surface area is 173 Å². The van der Waals surface area contributed by atoms with Crippen molar-refractivity contribution < 1.29 is 46.7 Å². The van der Waals surface area contributed by atoms with E-state index in [0.717, 1.165) is 18.2 Å². The highest BCUT2D eigenvalue weighted by molar-refractivity contribution is 5.38. The van der Waals surface area contributed by atoms with E-state index in [4.69, 9.17) is 9.47 Å². The van der Waals surface area contributed by atoms with Crippen LogP contribution >= 0.6 is 0 Å². The minimum absolute atomic E-state index is 0.0583. The fourth-order valence-electron chi connectivity index (χ4n) is 3.42. The first kappa shape index (κ1) is 23.3. The molecule has 3 rings (SSSR count). The summed E-state index contributed by atoms with van der Waals surface area (Å²) in [6.07, 6.45) is -12.0. The van der Waals surface area contributed by atoms with Crippen molar-refractivity contribution in [1.29, 1.82) is 0 Å². The average molecular weight is 449 g/mol. The number of ether oxygens (including phenoxy) is 2. The van der Waals surface area contributed by atoms with Gasteiger partial charge in [-0.1, -0.05) is 12.1 Å². The first-order valence-electron chi connectivity index (χ1n) is 9.18. The predicted molar refractivity (Wildman–Crippen MR) is 96.7 cm³/mol. The van der Waals surface area contributed by atoms with Gasteiger partial charge >= 0.3 is 12.1 Å². The van der Waals surface area contributed by atoms with Crippen molar-refractivity contribution in [2.75, 3.05) is 13.7 Å². The molecule has 0 radical (unpaired) electrons. The van der Waals surface area contributed by atoms with Crippen molar-refractivity contribution in [3.05, 3.63) is 58.9 Å². The summed E-state index contributed by atoms with van der Waals surface area (Å²) in [6, 6.07) is 5.79. The van der Waals surface area contributed by atoms with Crippen LogP contribution in [0.5, 0.6) is 5.75 Å². The zero-order valence-electron chi connectivity index (χ0n) is 16.2. The molecule has 0 amide bonds. The number of aliphatic hydroxyl groups excluding tert-OH is 3. The first-order valence-corrected chi connectivity index (χ1v) is 9.18. The summed E-state index contributed by atoms with van der Waals surface area (Å²) < 4.78 is 78.5. The predicted octanol–water partition coefficient (Wildman–Crippen LogP) is 2.49. The van der Waals surface area contributed by atoms with Gasteiger partial charge in [0, 0.05) is 12.1 Å². The molecule has 1 saturated heterocycles. The maximum atomic E-state index is 14.0. The van der Waals surface area contributed by atoms with E-state index in [-0.39, 0.29) is 23.2 Å². The van der Waals surface area contributed by atoms with E-state index in [1.54, 1.807) is 0 Å². The summed E-state index contributed by atoms with van der Waals surface area (Å²) >= 11 is 0. The highest BCUT2D eigenvalue weighted by Gasteiger charge is 2.57. The van der Waals surface area contributed by atoms with Crippen LogP contribution in [0.15, 0.2) is 36.5 Å². The lowest BCUT2D eigenvalue weighted by molar-refractivity contribution is -0.296. The Bertz CT molecular complexity index is 902. The lowest BCUT2D eigenvalue weighted by Gasteiger charge is -2.42. The van der Waals surface area contributed by atoms with Crippen molar-refractivity contribution in [1.82, 2.24) is 4.98 Å². The second-order valence-electron chi connectivity index (χ2n) is 7.12. The molecular formula is C20H20F5NO5. The third-order valence-electron chi connectivity index (χ3n) is 5.10. The number of halogens is 5. The van der Waals surface area contributed by atoms with E-state index in [9.17, 15) is 37.3 Å². The molecule has 3 N–H and O–H groups in total. The molecular weight excluding hydrogens is 429 g/mol.